The van der Waals surface area contributed by atoms with Gasteiger partial charge in [0.2, 0.25) is 5.79 Å². The molecule has 102 valence electrons. The number of benzene rings is 1. The standard InChI is InChI=1S/C15H18O4/c1-10-13(18-15(2,3)19-14(10)17)9-12(16)11-7-5-4-6-8-11/h4-8,12,16H,9H2,1-3H3/t12-/m1/s1. The fourth-order valence-corrected chi connectivity index (χ4v) is 1.97. The predicted molar refractivity (Wildman–Crippen MR) is 70.0 cm³/mol. The van der Waals surface area contributed by atoms with Crippen molar-refractivity contribution in [1.29, 1.82) is 0 Å². The van der Waals surface area contributed by atoms with E-state index < -0.39 is 17.9 Å². The first-order valence-corrected chi connectivity index (χ1v) is 6.24. The lowest BCUT2D eigenvalue weighted by Gasteiger charge is -2.33. The van der Waals surface area contributed by atoms with Crippen molar-refractivity contribution in [2.45, 2.75) is 39.1 Å². The summed E-state index contributed by atoms with van der Waals surface area (Å²) in [6, 6.07) is 9.29. The van der Waals surface area contributed by atoms with Crippen LogP contribution in [0.1, 0.15) is 38.9 Å². The first-order chi connectivity index (χ1) is 8.89. The Balaban J connectivity index is 2.18. The van der Waals surface area contributed by atoms with E-state index >= 15 is 0 Å². The molecule has 0 aromatic heterocycles. The Labute approximate surface area is 112 Å². The van der Waals surface area contributed by atoms with Gasteiger partial charge in [0.1, 0.15) is 5.76 Å². The van der Waals surface area contributed by atoms with Gasteiger partial charge in [0, 0.05) is 20.3 Å². The number of hydrogen-bond acceptors (Lipinski definition) is 4. The maximum Gasteiger partial charge on any atom is 0.340 e. The van der Waals surface area contributed by atoms with Gasteiger partial charge in [0.05, 0.1) is 11.7 Å². The van der Waals surface area contributed by atoms with E-state index in [0.29, 0.717) is 11.3 Å². The van der Waals surface area contributed by atoms with Crippen LogP contribution < -0.4 is 0 Å². The molecule has 19 heavy (non-hydrogen) atoms. The number of aliphatic hydroxyl groups excluding tert-OH is 1. The maximum absolute atomic E-state index is 11.7. The molecular weight excluding hydrogens is 244 g/mol. The fourth-order valence-electron chi connectivity index (χ4n) is 1.97. The van der Waals surface area contributed by atoms with E-state index in [9.17, 15) is 9.90 Å². The van der Waals surface area contributed by atoms with Crippen LogP contribution in [0.2, 0.25) is 0 Å². The molecule has 1 aliphatic rings. The molecule has 0 saturated carbocycles. The van der Waals surface area contributed by atoms with E-state index in [2.05, 4.69) is 0 Å². The summed E-state index contributed by atoms with van der Waals surface area (Å²) in [5.74, 6) is -0.897. The minimum Gasteiger partial charge on any atom is -0.456 e. The van der Waals surface area contributed by atoms with Gasteiger partial charge in [-0.25, -0.2) is 4.79 Å². The molecule has 1 heterocycles. The van der Waals surface area contributed by atoms with Crippen molar-refractivity contribution in [2.24, 2.45) is 0 Å². The summed E-state index contributed by atoms with van der Waals surface area (Å²) in [6.07, 6.45) is -0.443. The Morgan fingerprint density at radius 1 is 1.21 bits per heavy atom. The summed E-state index contributed by atoms with van der Waals surface area (Å²) in [4.78, 5) is 11.7. The average molecular weight is 262 g/mol. The number of ether oxygens (including phenoxy) is 2. The molecule has 1 aliphatic heterocycles. The van der Waals surface area contributed by atoms with Crippen LogP contribution in [0.3, 0.4) is 0 Å². The lowest BCUT2D eigenvalue weighted by atomic mass is 10.0. The summed E-state index contributed by atoms with van der Waals surface area (Å²) < 4.78 is 10.7. The molecule has 0 radical (unpaired) electrons. The van der Waals surface area contributed by atoms with E-state index in [1.807, 2.05) is 30.3 Å². The van der Waals surface area contributed by atoms with Crippen LogP contribution in [0.4, 0.5) is 0 Å². The van der Waals surface area contributed by atoms with Crippen molar-refractivity contribution >= 4 is 5.97 Å². The Morgan fingerprint density at radius 2 is 1.84 bits per heavy atom. The normalized spacial score (nSPS) is 19.7. The Morgan fingerprint density at radius 3 is 2.47 bits per heavy atom. The molecule has 0 spiro atoms. The fraction of sp³-hybridized carbons (Fsp3) is 0.400. The molecule has 4 heteroatoms. The second-order valence-electron chi connectivity index (χ2n) is 5.07. The van der Waals surface area contributed by atoms with Crippen molar-refractivity contribution in [1.82, 2.24) is 0 Å². The predicted octanol–water partition coefficient (Wildman–Crippen LogP) is 2.69. The van der Waals surface area contributed by atoms with Crippen LogP contribution in [0.15, 0.2) is 41.7 Å². The largest absolute Gasteiger partial charge is 0.456 e. The van der Waals surface area contributed by atoms with Crippen LogP contribution in [-0.2, 0) is 14.3 Å². The zero-order valence-electron chi connectivity index (χ0n) is 11.3. The van der Waals surface area contributed by atoms with Gasteiger partial charge < -0.3 is 14.6 Å². The third kappa shape index (κ3) is 3.15. The van der Waals surface area contributed by atoms with Crippen LogP contribution in [0.5, 0.6) is 0 Å². The third-order valence-corrected chi connectivity index (χ3v) is 3.00. The van der Waals surface area contributed by atoms with Crippen molar-refractivity contribution in [3.05, 3.63) is 47.2 Å². The number of carbonyl (C=O) groups excluding carboxylic acids is 1. The van der Waals surface area contributed by atoms with Crippen molar-refractivity contribution < 1.29 is 19.4 Å². The highest BCUT2D eigenvalue weighted by atomic mass is 16.7. The highest BCUT2D eigenvalue weighted by Crippen LogP contribution is 2.32. The molecule has 0 fully saturated rings. The number of cyclic esters (lactones) is 1. The molecule has 2 rings (SSSR count). The van der Waals surface area contributed by atoms with Crippen molar-refractivity contribution in [2.75, 3.05) is 0 Å². The molecule has 0 saturated heterocycles. The highest BCUT2D eigenvalue weighted by molar-refractivity contribution is 5.89. The topological polar surface area (TPSA) is 55.8 Å². The Hall–Kier alpha value is -1.81. The third-order valence-electron chi connectivity index (χ3n) is 3.00. The monoisotopic (exact) mass is 262 g/mol. The first kappa shape index (κ1) is 13.6. The van der Waals surface area contributed by atoms with Crippen molar-refractivity contribution in [3.63, 3.8) is 0 Å². The number of hydrogen-bond donors (Lipinski definition) is 1. The summed E-state index contributed by atoms with van der Waals surface area (Å²) in [7, 11) is 0. The van der Waals surface area contributed by atoms with E-state index in [-0.39, 0.29) is 6.42 Å². The van der Waals surface area contributed by atoms with E-state index in [0.717, 1.165) is 5.56 Å². The number of rotatable bonds is 3. The first-order valence-electron chi connectivity index (χ1n) is 6.24. The summed E-state index contributed by atoms with van der Waals surface area (Å²) in [5, 5.41) is 10.2. The lowest BCUT2D eigenvalue weighted by molar-refractivity contribution is -0.209. The molecule has 0 unspecified atom stereocenters. The SMILES string of the molecule is CC1=C(C[C@@H](O)c2ccccc2)OC(C)(C)OC1=O. The van der Waals surface area contributed by atoms with Gasteiger partial charge in [-0.05, 0) is 12.5 Å². The van der Waals surface area contributed by atoms with Gasteiger partial charge >= 0.3 is 5.97 Å². The Kier molecular flexibility index (Phi) is 3.62. The molecule has 1 N–H and O–H groups in total. The van der Waals surface area contributed by atoms with Gasteiger partial charge in [-0.1, -0.05) is 30.3 Å². The maximum atomic E-state index is 11.7. The molecule has 0 aliphatic carbocycles. The summed E-state index contributed by atoms with van der Waals surface area (Å²) in [5.41, 5.74) is 1.21. The van der Waals surface area contributed by atoms with Crippen molar-refractivity contribution in [3.8, 4) is 0 Å². The quantitative estimate of drug-likeness (QED) is 0.851. The second-order valence-corrected chi connectivity index (χ2v) is 5.07. The van der Waals surface area contributed by atoms with Crippen LogP contribution >= 0.6 is 0 Å². The molecule has 0 amide bonds. The molecule has 1 aromatic rings. The minimum absolute atomic E-state index is 0.258. The minimum atomic E-state index is -0.984. The molecule has 1 atom stereocenters. The average Bonchev–Trinajstić information content (AvgIpc) is 2.35. The lowest BCUT2D eigenvalue weighted by Crippen LogP contribution is -2.36. The number of carbonyl (C=O) groups is 1. The molecule has 4 nitrogen and oxygen atoms in total. The van der Waals surface area contributed by atoms with E-state index in [1.54, 1.807) is 20.8 Å². The molecular formula is C15H18O4. The van der Waals surface area contributed by atoms with Gasteiger partial charge in [0.25, 0.3) is 0 Å². The summed E-state index contributed by atoms with van der Waals surface area (Å²) in [6.45, 7) is 4.99. The highest BCUT2D eigenvalue weighted by Gasteiger charge is 2.34. The number of esters is 1. The van der Waals surface area contributed by atoms with Crippen LogP contribution in [-0.4, -0.2) is 16.9 Å². The van der Waals surface area contributed by atoms with Gasteiger partial charge in [0.15, 0.2) is 0 Å². The van der Waals surface area contributed by atoms with Gasteiger partial charge in [-0.15, -0.1) is 0 Å². The van der Waals surface area contributed by atoms with E-state index in [1.165, 1.54) is 0 Å². The summed E-state index contributed by atoms with van der Waals surface area (Å²) >= 11 is 0. The van der Waals surface area contributed by atoms with Gasteiger partial charge in [-0.3, -0.25) is 0 Å². The van der Waals surface area contributed by atoms with Crippen LogP contribution in [0.25, 0.3) is 0 Å². The Bertz CT molecular complexity index is 502. The zero-order chi connectivity index (χ0) is 14.0. The van der Waals surface area contributed by atoms with E-state index in [4.69, 9.17) is 9.47 Å². The molecule has 1 aromatic carbocycles. The smallest absolute Gasteiger partial charge is 0.340 e. The number of aliphatic hydroxyl groups is 1. The van der Waals surface area contributed by atoms with Crippen LogP contribution in [0, 0.1) is 0 Å². The zero-order valence-corrected chi connectivity index (χ0v) is 11.3. The molecule has 0 bridgehead atoms. The second kappa shape index (κ2) is 5.05. The van der Waals surface area contributed by atoms with Gasteiger partial charge in [-0.2, -0.15) is 0 Å².